The summed E-state index contributed by atoms with van der Waals surface area (Å²) in [7, 11) is 1.68. The van der Waals surface area contributed by atoms with Gasteiger partial charge in [-0.15, -0.1) is 0 Å². The van der Waals surface area contributed by atoms with Gasteiger partial charge < -0.3 is 14.7 Å². The highest BCUT2D eigenvalue weighted by Gasteiger charge is 2.20. The lowest BCUT2D eigenvalue weighted by molar-refractivity contribution is 0.183. The predicted octanol–water partition coefficient (Wildman–Crippen LogP) is 3.87. The van der Waals surface area contributed by atoms with Gasteiger partial charge in [-0.2, -0.15) is 5.10 Å². The molecule has 9 heteroatoms. The van der Waals surface area contributed by atoms with Crippen LogP contribution >= 0.6 is 23.8 Å². The molecule has 0 aliphatic carbocycles. The molecule has 2 heterocycles. The maximum atomic E-state index is 9.50. The maximum Gasteiger partial charge on any atom is 0.199 e. The van der Waals surface area contributed by atoms with E-state index in [0.29, 0.717) is 29.6 Å². The van der Waals surface area contributed by atoms with Crippen molar-refractivity contribution in [2.45, 2.75) is 13.2 Å². The number of hydrogen-bond donors (Lipinski definition) is 1. The number of benzene rings is 2. The lowest BCUT2D eigenvalue weighted by Crippen LogP contribution is -2.47. The summed E-state index contributed by atoms with van der Waals surface area (Å²) >= 11 is 11.8. The average Bonchev–Trinajstić information content (AvgIpc) is 3.09. The monoisotopic (exact) mass is 459 g/mol. The number of aromatic hydroxyl groups is 1. The van der Waals surface area contributed by atoms with Gasteiger partial charge in [0.2, 0.25) is 0 Å². The second-order valence-electron chi connectivity index (χ2n) is 7.52. The zero-order valence-corrected chi connectivity index (χ0v) is 19.0. The Balaban J connectivity index is 1.49. The topological polar surface area (TPSA) is 58.7 Å². The quantitative estimate of drug-likeness (QED) is 0.541. The van der Waals surface area contributed by atoms with Crippen LogP contribution in [0.3, 0.4) is 0 Å². The number of nitrogens with zero attached hydrogens (tertiary/aromatic N) is 5. The number of rotatable bonds is 7. The normalized spacial score (nSPS) is 14.8. The first kappa shape index (κ1) is 21.8. The van der Waals surface area contributed by atoms with Crippen molar-refractivity contribution in [2.24, 2.45) is 0 Å². The first-order valence-corrected chi connectivity index (χ1v) is 11.0. The van der Waals surface area contributed by atoms with E-state index in [0.717, 1.165) is 43.3 Å². The molecule has 3 aromatic rings. The summed E-state index contributed by atoms with van der Waals surface area (Å²) in [4.78, 5) is 4.68. The first-order chi connectivity index (χ1) is 15.0. The molecule has 1 fully saturated rings. The summed E-state index contributed by atoms with van der Waals surface area (Å²) in [6, 6.07) is 15.0. The molecule has 0 saturated carbocycles. The molecule has 0 unspecified atom stereocenters. The summed E-state index contributed by atoms with van der Waals surface area (Å²) in [5.41, 5.74) is 2.10. The molecule has 164 valence electrons. The van der Waals surface area contributed by atoms with Gasteiger partial charge in [-0.3, -0.25) is 9.47 Å². The number of anilines is 1. The highest BCUT2D eigenvalue weighted by atomic mass is 35.5. The lowest BCUT2D eigenvalue weighted by Gasteiger charge is -2.35. The minimum Gasteiger partial charge on any atom is -0.508 e. The van der Waals surface area contributed by atoms with Crippen LogP contribution in [0.15, 0.2) is 48.5 Å². The molecule has 0 atom stereocenters. The van der Waals surface area contributed by atoms with Crippen LogP contribution in [0.5, 0.6) is 5.75 Å². The minimum absolute atomic E-state index is 0.289. The van der Waals surface area contributed by atoms with E-state index in [1.165, 1.54) is 0 Å². The van der Waals surface area contributed by atoms with Crippen LogP contribution in [0.25, 0.3) is 11.4 Å². The molecule has 1 aliphatic rings. The van der Waals surface area contributed by atoms with Crippen LogP contribution < -0.4 is 4.90 Å². The van der Waals surface area contributed by atoms with Crippen LogP contribution in [-0.2, 0) is 18.0 Å². The average molecular weight is 460 g/mol. The van der Waals surface area contributed by atoms with E-state index in [1.807, 2.05) is 45.6 Å². The lowest BCUT2D eigenvalue weighted by atomic mass is 10.2. The van der Waals surface area contributed by atoms with Crippen molar-refractivity contribution in [3.8, 4) is 17.1 Å². The Hall–Kier alpha value is -2.39. The van der Waals surface area contributed by atoms with E-state index in [-0.39, 0.29) is 5.75 Å². The molecule has 31 heavy (non-hydrogen) atoms. The summed E-state index contributed by atoms with van der Waals surface area (Å²) in [6.07, 6.45) is 0. The molecule has 1 saturated heterocycles. The van der Waals surface area contributed by atoms with Crippen LogP contribution in [0.2, 0.25) is 5.02 Å². The van der Waals surface area contributed by atoms with Gasteiger partial charge in [0, 0.05) is 49.6 Å². The molecule has 1 aromatic heterocycles. The van der Waals surface area contributed by atoms with Gasteiger partial charge in [0.15, 0.2) is 10.6 Å². The summed E-state index contributed by atoms with van der Waals surface area (Å²) in [5, 5.41) is 15.0. The van der Waals surface area contributed by atoms with Gasteiger partial charge in [0.25, 0.3) is 0 Å². The molecule has 2 aromatic carbocycles. The zero-order valence-electron chi connectivity index (χ0n) is 17.4. The summed E-state index contributed by atoms with van der Waals surface area (Å²) in [6.45, 7) is 5.48. The van der Waals surface area contributed by atoms with Crippen molar-refractivity contribution < 1.29 is 9.84 Å². The number of halogens is 1. The molecule has 0 amide bonds. The molecule has 1 N–H and O–H groups in total. The predicted molar refractivity (Wildman–Crippen MR) is 125 cm³/mol. The summed E-state index contributed by atoms with van der Waals surface area (Å²) in [5.74, 6) is 1.11. The fraction of sp³-hybridized carbons (Fsp3) is 0.364. The Morgan fingerprint density at radius 1 is 1.03 bits per heavy atom. The van der Waals surface area contributed by atoms with E-state index in [9.17, 15) is 5.11 Å². The smallest absolute Gasteiger partial charge is 0.199 e. The third-order valence-electron chi connectivity index (χ3n) is 5.47. The van der Waals surface area contributed by atoms with Crippen molar-refractivity contribution in [1.82, 2.24) is 19.2 Å². The van der Waals surface area contributed by atoms with Crippen molar-refractivity contribution >= 4 is 29.5 Å². The van der Waals surface area contributed by atoms with Crippen LogP contribution in [-0.4, -0.2) is 64.2 Å². The van der Waals surface area contributed by atoms with Gasteiger partial charge in [-0.25, -0.2) is 4.68 Å². The second kappa shape index (κ2) is 9.82. The Morgan fingerprint density at radius 3 is 2.35 bits per heavy atom. The third-order valence-corrected chi connectivity index (χ3v) is 6.15. The fourth-order valence-electron chi connectivity index (χ4n) is 3.73. The van der Waals surface area contributed by atoms with Crippen molar-refractivity contribution in [2.75, 3.05) is 44.8 Å². The molecular weight excluding hydrogens is 434 g/mol. The zero-order chi connectivity index (χ0) is 21.8. The number of methoxy groups -OCH3 is 1. The fourth-order valence-corrected chi connectivity index (χ4v) is 4.13. The van der Waals surface area contributed by atoms with Crippen molar-refractivity contribution in [3.63, 3.8) is 0 Å². The van der Waals surface area contributed by atoms with Gasteiger partial charge in [0.05, 0.1) is 19.8 Å². The summed E-state index contributed by atoms with van der Waals surface area (Å²) < 4.78 is 9.87. The van der Waals surface area contributed by atoms with Gasteiger partial charge in [-0.1, -0.05) is 11.6 Å². The molecule has 0 radical (unpaired) electrons. The van der Waals surface area contributed by atoms with Gasteiger partial charge in [0.1, 0.15) is 5.75 Å². The van der Waals surface area contributed by atoms with Crippen LogP contribution in [0.1, 0.15) is 0 Å². The number of phenolic OH excluding ortho intramolecular Hbond substituents is 1. The Kier molecular flexibility index (Phi) is 6.92. The number of aromatic nitrogens is 3. The number of piperazine rings is 1. The number of phenols is 1. The largest absolute Gasteiger partial charge is 0.508 e. The number of ether oxygens (including phenoxy) is 1. The Bertz CT molecular complexity index is 1060. The van der Waals surface area contributed by atoms with E-state index >= 15 is 0 Å². The minimum atomic E-state index is 0.289. The standard InChI is InChI=1S/C22H26ClN5O2S/c1-30-15-14-27-21(17-2-4-18(23)5-3-17)24-28(22(27)31)16-25-10-12-26(13-11-25)19-6-8-20(29)9-7-19/h2-9,29H,10-16H2,1H3. The van der Waals surface area contributed by atoms with E-state index in [2.05, 4.69) is 9.80 Å². The van der Waals surface area contributed by atoms with Crippen LogP contribution in [0.4, 0.5) is 5.69 Å². The van der Waals surface area contributed by atoms with E-state index in [4.69, 9.17) is 33.7 Å². The highest BCUT2D eigenvalue weighted by molar-refractivity contribution is 7.71. The molecular formula is C22H26ClN5O2S. The molecule has 4 rings (SSSR count). The molecule has 0 spiro atoms. The van der Waals surface area contributed by atoms with Crippen molar-refractivity contribution in [1.29, 1.82) is 0 Å². The van der Waals surface area contributed by atoms with Gasteiger partial charge >= 0.3 is 0 Å². The van der Waals surface area contributed by atoms with E-state index in [1.54, 1.807) is 19.2 Å². The van der Waals surface area contributed by atoms with Gasteiger partial charge in [-0.05, 0) is 60.7 Å². The van der Waals surface area contributed by atoms with E-state index < -0.39 is 0 Å². The maximum absolute atomic E-state index is 9.50. The van der Waals surface area contributed by atoms with Crippen LogP contribution in [0, 0.1) is 4.77 Å². The SMILES string of the molecule is COCCn1c(-c2ccc(Cl)cc2)nn(CN2CCN(c3ccc(O)cc3)CC2)c1=S. The Labute approximate surface area is 192 Å². The Morgan fingerprint density at radius 2 is 1.71 bits per heavy atom. The molecule has 0 bridgehead atoms. The molecule has 7 nitrogen and oxygen atoms in total. The first-order valence-electron chi connectivity index (χ1n) is 10.2. The van der Waals surface area contributed by atoms with Crippen molar-refractivity contribution in [3.05, 3.63) is 58.3 Å². The third kappa shape index (κ3) is 5.10. The number of hydrogen-bond acceptors (Lipinski definition) is 6. The second-order valence-corrected chi connectivity index (χ2v) is 8.32. The molecule has 1 aliphatic heterocycles. The highest BCUT2D eigenvalue weighted by Crippen LogP contribution is 2.22.